The fraction of sp³-hybridized carbons (Fsp3) is 0.417. The van der Waals surface area contributed by atoms with E-state index in [1.165, 1.54) is 18.6 Å². The molecule has 5 rings (SSSR count). The van der Waals surface area contributed by atoms with Gasteiger partial charge in [-0.2, -0.15) is 0 Å². The van der Waals surface area contributed by atoms with Gasteiger partial charge in [0.25, 0.3) is 0 Å². The second-order valence-electron chi connectivity index (χ2n) is 13.0. The van der Waals surface area contributed by atoms with Crippen LogP contribution >= 0.6 is 0 Å². The molecule has 3 aliphatic carbocycles. The van der Waals surface area contributed by atoms with E-state index in [-0.39, 0.29) is 41.2 Å². The van der Waals surface area contributed by atoms with E-state index < -0.39 is 45.5 Å². The molecule has 0 saturated heterocycles. The molecule has 1 saturated carbocycles. The van der Waals surface area contributed by atoms with Gasteiger partial charge < -0.3 is 15.3 Å². The van der Waals surface area contributed by atoms with Gasteiger partial charge >= 0.3 is 0 Å². The number of aliphatic hydroxyl groups excluding tert-OH is 1. The second kappa shape index (κ2) is 9.81. The van der Waals surface area contributed by atoms with Crippen molar-refractivity contribution in [1.29, 1.82) is 0 Å². The molecule has 0 aromatic heterocycles. The average Bonchev–Trinajstić information content (AvgIpc) is 2.90. The number of carbonyl (C=O) groups is 3. The van der Waals surface area contributed by atoms with Gasteiger partial charge in [0.05, 0.1) is 11.1 Å². The summed E-state index contributed by atoms with van der Waals surface area (Å²) in [6.07, 6.45) is 1.37. The van der Waals surface area contributed by atoms with Crippen LogP contribution in [0.15, 0.2) is 53.1 Å². The first kappa shape index (κ1) is 29.5. The molecule has 42 heavy (non-hydrogen) atoms. The van der Waals surface area contributed by atoms with Gasteiger partial charge in [-0.05, 0) is 80.3 Å². The number of benzene rings is 2. The van der Waals surface area contributed by atoms with Crippen molar-refractivity contribution in [2.45, 2.75) is 73.3 Å². The Bertz CT molecular complexity index is 1680. The SMILES string of the molecule is CCc1ccc(C#Cc2ccc(O)c3c2C[C@@]2(C)C[C@@]4(C)[C@H](C(C)C)C(C)=C(C(C)=O)C(=O)[C@@]4(O)C(=O)C2=C3O)cc1. The zero-order chi connectivity index (χ0) is 30.9. The van der Waals surface area contributed by atoms with E-state index in [0.717, 1.165) is 12.0 Å². The lowest BCUT2D eigenvalue weighted by Gasteiger charge is -2.60. The Morgan fingerprint density at radius 2 is 1.67 bits per heavy atom. The third-order valence-electron chi connectivity index (χ3n) is 9.90. The number of phenols is 1. The monoisotopic (exact) mass is 566 g/mol. The minimum absolute atomic E-state index is 0.0818. The molecule has 0 spiro atoms. The van der Waals surface area contributed by atoms with Gasteiger partial charge in [0, 0.05) is 27.5 Å². The van der Waals surface area contributed by atoms with Crippen LogP contribution in [-0.2, 0) is 27.2 Å². The summed E-state index contributed by atoms with van der Waals surface area (Å²) < 4.78 is 0. The summed E-state index contributed by atoms with van der Waals surface area (Å²) in [7, 11) is 0. The first-order valence-corrected chi connectivity index (χ1v) is 14.6. The molecule has 0 bridgehead atoms. The summed E-state index contributed by atoms with van der Waals surface area (Å²) in [5, 5.41) is 34.8. The zero-order valence-corrected chi connectivity index (χ0v) is 25.3. The molecule has 6 nitrogen and oxygen atoms in total. The maximum absolute atomic E-state index is 14.4. The number of carbonyl (C=O) groups excluding carboxylic acids is 3. The highest BCUT2D eigenvalue weighted by Crippen LogP contribution is 2.65. The van der Waals surface area contributed by atoms with Crippen LogP contribution in [0, 0.1) is 34.5 Å². The van der Waals surface area contributed by atoms with Crippen LogP contribution in [-0.4, -0.2) is 38.3 Å². The number of Topliss-reactive ketones (excluding diaryl/α,β-unsaturated/α-hetero) is 3. The summed E-state index contributed by atoms with van der Waals surface area (Å²) in [4.78, 5) is 41.0. The molecule has 0 unspecified atom stereocenters. The average molecular weight is 567 g/mol. The van der Waals surface area contributed by atoms with E-state index in [0.29, 0.717) is 16.7 Å². The standard InChI is InChI=1S/C36H38O6/c1-8-22-9-11-23(12-10-22)13-14-24-15-16-26(38)28-25(24)17-34(6)18-35(7)29(19(2)3)20(4)27(21(5)37)32(40)36(35,42)33(41)30(34)31(28)39/h9-12,15-16,19,29,38-39,42H,8,17-18H2,1-7H3/t29-,34+,35+,36-/m1/s1. The Hall–Kier alpha value is -3.95. The predicted molar refractivity (Wildman–Crippen MR) is 161 cm³/mol. The molecule has 2 aromatic rings. The molecule has 1 fully saturated rings. The van der Waals surface area contributed by atoms with Gasteiger partial charge in [-0.25, -0.2) is 0 Å². The lowest BCUT2D eigenvalue weighted by molar-refractivity contribution is -0.180. The number of ketones is 3. The van der Waals surface area contributed by atoms with Crippen LogP contribution in [0.5, 0.6) is 5.75 Å². The molecule has 3 aliphatic rings. The Morgan fingerprint density at radius 3 is 2.24 bits per heavy atom. The van der Waals surface area contributed by atoms with Crippen LogP contribution in [0.4, 0.5) is 0 Å². The van der Waals surface area contributed by atoms with Crippen LogP contribution < -0.4 is 0 Å². The number of allylic oxidation sites excluding steroid dienone is 1. The summed E-state index contributed by atoms with van der Waals surface area (Å²) in [6, 6.07) is 11.1. The second-order valence-corrected chi connectivity index (χ2v) is 13.0. The van der Waals surface area contributed by atoms with Crippen molar-refractivity contribution in [3.63, 3.8) is 0 Å². The van der Waals surface area contributed by atoms with E-state index in [1.807, 2.05) is 45.0 Å². The Balaban J connectivity index is 1.72. The molecule has 218 valence electrons. The summed E-state index contributed by atoms with van der Waals surface area (Å²) in [5.41, 5.74) is -1.10. The molecular formula is C36H38O6. The first-order valence-electron chi connectivity index (χ1n) is 14.6. The molecule has 6 heteroatoms. The number of rotatable bonds is 3. The van der Waals surface area contributed by atoms with Gasteiger partial charge in [-0.1, -0.05) is 64.2 Å². The predicted octanol–water partition coefficient (Wildman–Crippen LogP) is 5.66. The van der Waals surface area contributed by atoms with Crippen molar-refractivity contribution in [3.8, 4) is 17.6 Å². The lowest BCUT2D eigenvalue weighted by Crippen LogP contribution is -2.70. The Morgan fingerprint density at radius 1 is 1.02 bits per heavy atom. The number of hydrogen-bond acceptors (Lipinski definition) is 6. The lowest BCUT2D eigenvalue weighted by atomic mass is 9.42. The number of aromatic hydroxyl groups is 1. The van der Waals surface area contributed by atoms with E-state index in [2.05, 4.69) is 18.8 Å². The van der Waals surface area contributed by atoms with Crippen LogP contribution in [0.25, 0.3) is 5.76 Å². The smallest absolute Gasteiger partial charge is 0.206 e. The van der Waals surface area contributed by atoms with Crippen molar-refractivity contribution in [2.75, 3.05) is 0 Å². The molecule has 2 aromatic carbocycles. The van der Waals surface area contributed by atoms with E-state index in [1.54, 1.807) is 19.9 Å². The quantitative estimate of drug-likeness (QED) is 0.251. The molecule has 0 heterocycles. The van der Waals surface area contributed by atoms with Crippen molar-refractivity contribution in [1.82, 2.24) is 0 Å². The highest BCUT2D eigenvalue weighted by molar-refractivity contribution is 6.33. The Kier molecular flexibility index (Phi) is 6.90. The highest BCUT2D eigenvalue weighted by atomic mass is 16.3. The Labute approximate surface area is 247 Å². The van der Waals surface area contributed by atoms with E-state index >= 15 is 0 Å². The minimum Gasteiger partial charge on any atom is -0.507 e. The maximum Gasteiger partial charge on any atom is 0.206 e. The van der Waals surface area contributed by atoms with Gasteiger partial charge in [0.2, 0.25) is 11.6 Å². The van der Waals surface area contributed by atoms with Crippen molar-refractivity contribution >= 4 is 23.1 Å². The number of fused-ring (bicyclic) bond motifs is 3. The van der Waals surface area contributed by atoms with E-state index in [9.17, 15) is 29.7 Å². The van der Waals surface area contributed by atoms with Crippen LogP contribution in [0.3, 0.4) is 0 Å². The summed E-state index contributed by atoms with van der Waals surface area (Å²) >= 11 is 0. The number of hydrogen-bond donors (Lipinski definition) is 3. The maximum atomic E-state index is 14.4. The fourth-order valence-electron chi connectivity index (χ4n) is 8.33. The normalized spacial score (nSPS) is 28.6. The van der Waals surface area contributed by atoms with E-state index in [4.69, 9.17) is 0 Å². The summed E-state index contributed by atoms with van der Waals surface area (Å²) in [5.74, 6) is 2.83. The third-order valence-corrected chi connectivity index (χ3v) is 9.90. The highest BCUT2D eigenvalue weighted by Gasteiger charge is 2.72. The topological polar surface area (TPSA) is 112 Å². The van der Waals surface area contributed by atoms with Crippen molar-refractivity contribution in [2.24, 2.45) is 22.7 Å². The molecule has 3 N–H and O–H groups in total. The van der Waals surface area contributed by atoms with Crippen molar-refractivity contribution < 1.29 is 29.7 Å². The van der Waals surface area contributed by atoms with Crippen molar-refractivity contribution in [3.05, 3.63) is 80.9 Å². The van der Waals surface area contributed by atoms with Gasteiger partial charge in [0.15, 0.2) is 11.4 Å². The molecule has 0 aliphatic heterocycles. The number of aryl methyl sites for hydroxylation is 1. The molecule has 0 radical (unpaired) electrons. The van der Waals surface area contributed by atoms with Crippen LogP contribution in [0.2, 0.25) is 0 Å². The van der Waals surface area contributed by atoms with Gasteiger partial charge in [-0.3, -0.25) is 14.4 Å². The van der Waals surface area contributed by atoms with Gasteiger partial charge in [-0.15, -0.1) is 0 Å². The number of aliphatic hydroxyl groups is 2. The third kappa shape index (κ3) is 3.94. The van der Waals surface area contributed by atoms with Crippen LogP contribution in [0.1, 0.15) is 82.7 Å². The fourth-order valence-corrected chi connectivity index (χ4v) is 8.33. The largest absolute Gasteiger partial charge is 0.507 e. The minimum atomic E-state index is -2.54. The zero-order valence-electron chi connectivity index (χ0n) is 25.3. The van der Waals surface area contributed by atoms with Gasteiger partial charge in [0.1, 0.15) is 11.5 Å². The summed E-state index contributed by atoms with van der Waals surface area (Å²) in [6.45, 7) is 12.6. The first-order chi connectivity index (χ1) is 19.6. The molecule has 4 atom stereocenters. The molecular weight excluding hydrogens is 528 g/mol. The number of phenolic OH excluding ortho intramolecular Hbond substituents is 1. The molecule has 0 amide bonds.